The molecule has 1 aliphatic rings. The number of anilines is 1. The smallest absolute Gasteiger partial charge is 0.266 e. The van der Waals surface area contributed by atoms with Crippen LogP contribution in [0.25, 0.3) is 22.2 Å². The van der Waals surface area contributed by atoms with Crippen molar-refractivity contribution < 1.29 is 0 Å². The molecule has 0 bridgehead atoms. The molecule has 0 spiro atoms. The average Bonchev–Trinajstić information content (AvgIpc) is 3.23. The molecule has 8 heteroatoms. The van der Waals surface area contributed by atoms with Gasteiger partial charge in [0.05, 0.1) is 30.0 Å². The topological polar surface area (TPSA) is 89.7 Å². The number of pyridine rings is 2. The molecule has 1 atom stereocenters. The zero-order chi connectivity index (χ0) is 20.5. The number of fused-ring (bicyclic) bond motifs is 1. The lowest BCUT2D eigenvalue weighted by molar-refractivity contribution is 0.489. The van der Waals surface area contributed by atoms with Crippen LogP contribution in [0.4, 0.5) is 5.82 Å². The van der Waals surface area contributed by atoms with Gasteiger partial charge in [0.25, 0.3) is 5.56 Å². The molecule has 1 aliphatic heterocycles. The SMILES string of the molecule is Cc1nc(N2CCCC2Cn2nc(-c3cccnc3)ccc2=O)c2ccncc2n1. The van der Waals surface area contributed by atoms with Crippen molar-refractivity contribution in [3.8, 4) is 11.3 Å². The molecule has 4 aromatic rings. The molecule has 0 saturated carbocycles. The van der Waals surface area contributed by atoms with Crippen LogP contribution in [0.5, 0.6) is 0 Å². The Morgan fingerprint density at radius 3 is 2.83 bits per heavy atom. The molecule has 0 N–H and O–H groups in total. The van der Waals surface area contributed by atoms with Crippen molar-refractivity contribution in [2.45, 2.75) is 32.4 Å². The molecule has 0 amide bonds. The lowest BCUT2D eigenvalue weighted by Crippen LogP contribution is -2.37. The van der Waals surface area contributed by atoms with Crippen LogP contribution in [-0.4, -0.2) is 42.3 Å². The van der Waals surface area contributed by atoms with Crippen LogP contribution in [-0.2, 0) is 6.54 Å². The van der Waals surface area contributed by atoms with Gasteiger partial charge in [0.1, 0.15) is 11.6 Å². The van der Waals surface area contributed by atoms with Crippen LogP contribution in [0, 0.1) is 6.92 Å². The molecule has 8 nitrogen and oxygen atoms in total. The van der Waals surface area contributed by atoms with Crippen molar-refractivity contribution >= 4 is 16.7 Å². The fraction of sp³-hybridized carbons (Fsp3) is 0.273. The maximum absolute atomic E-state index is 12.5. The molecule has 30 heavy (non-hydrogen) atoms. The first-order valence-electron chi connectivity index (χ1n) is 10.0. The van der Waals surface area contributed by atoms with E-state index in [0.717, 1.165) is 47.4 Å². The Kier molecular flexibility index (Phi) is 4.66. The van der Waals surface area contributed by atoms with E-state index in [1.807, 2.05) is 25.1 Å². The second-order valence-corrected chi connectivity index (χ2v) is 7.46. The van der Waals surface area contributed by atoms with Crippen LogP contribution >= 0.6 is 0 Å². The summed E-state index contributed by atoms with van der Waals surface area (Å²) in [5.41, 5.74) is 2.35. The van der Waals surface area contributed by atoms with Gasteiger partial charge in [-0.05, 0) is 44.0 Å². The van der Waals surface area contributed by atoms with Crippen molar-refractivity contribution in [1.29, 1.82) is 0 Å². The third kappa shape index (κ3) is 3.41. The number of aryl methyl sites for hydroxylation is 1. The van der Waals surface area contributed by atoms with E-state index >= 15 is 0 Å². The molecule has 4 aromatic heterocycles. The molecule has 5 heterocycles. The second-order valence-electron chi connectivity index (χ2n) is 7.46. The third-order valence-corrected chi connectivity index (χ3v) is 5.45. The average molecular weight is 399 g/mol. The summed E-state index contributed by atoms with van der Waals surface area (Å²) in [5.74, 6) is 1.61. The minimum atomic E-state index is -0.109. The van der Waals surface area contributed by atoms with E-state index in [9.17, 15) is 4.79 Å². The second kappa shape index (κ2) is 7.62. The Bertz CT molecular complexity index is 1260. The van der Waals surface area contributed by atoms with Crippen LogP contribution in [0.2, 0.25) is 0 Å². The van der Waals surface area contributed by atoms with Gasteiger partial charge in [0.15, 0.2) is 0 Å². The predicted molar refractivity (Wildman–Crippen MR) is 114 cm³/mol. The van der Waals surface area contributed by atoms with Gasteiger partial charge >= 0.3 is 0 Å². The summed E-state index contributed by atoms with van der Waals surface area (Å²) >= 11 is 0. The largest absolute Gasteiger partial charge is 0.351 e. The Hall–Kier alpha value is -3.68. The first kappa shape index (κ1) is 18.4. The molecule has 150 valence electrons. The molecule has 1 fully saturated rings. The minimum Gasteiger partial charge on any atom is -0.351 e. The summed E-state index contributed by atoms with van der Waals surface area (Å²) in [6.07, 6.45) is 9.02. The highest BCUT2D eigenvalue weighted by Gasteiger charge is 2.28. The lowest BCUT2D eigenvalue weighted by atomic mass is 10.2. The van der Waals surface area contributed by atoms with Crippen molar-refractivity contribution in [1.82, 2.24) is 29.7 Å². The van der Waals surface area contributed by atoms with E-state index in [0.29, 0.717) is 12.4 Å². The van der Waals surface area contributed by atoms with Crippen LogP contribution in [0.1, 0.15) is 18.7 Å². The highest BCUT2D eigenvalue weighted by molar-refractivity contribution is 5.89. The van der Waals surface area contributed by atoms with Crippen LogP contribution < -0.4 is 10.5 Å². The summed E-state index contributed by atoms with van der Waals surface area (Å²) in [7, 11) is 0. The Balaban J connectivity index is 1.50. The van der Waals surface area contributed by atoms with E-state index < -0.39 is 0 Å². The summed E-state index contributed by atoms with van der Waals surface area (Å²) in [5, 5.41) is 5.59. The zero-order valence-electron chi connectivity index (χ0n) is 16.6. The summed E-state index contributed by atoms with van der Waals surface area (Å²) in [4.78, 5) is 32.4. The maximum Gasteiger partial charge on any atom is 0.266 e. The fourth-order valence-corrected chi connectivity index (χ4v) is 4.05. The number of aromatic nitrogens is 6. The number of hydrogen-bond acceptors (Lipinski definition) is 7. The summed E-state index contributed by atoms with van der Waals surface area (Å²) in [6, 6.07) is 9.21. The Morgan fingerprint density at radius 2 is 1.97 bits per heavy atom. The number of hydrogen-bond donors (Lipinski definition) is 0. The molecule has 0 aromatic carbocycles. The van der Waals surface area contributed by atoms with Gasteiger partial charge in [-0.3, -0.25) is 14.8 Å². The summed E-state index contributed by atoms with van der Waals surface area (Å²) < 4.78 is 1.56. The first-order chi connectivity index (χ1) is 14.7. The van der Waals surface area contributed by atoms with E-state index in [4.69, 9.17) is 4.98 Å². The van der Waals surface area contributed by atoms with E-state index in [-0.39, 0.29) is 11.6 Å². The van der Waals surface area contributed by atoms with Gasteiger partial charge < -0.3 is 4.90 Å². The molecular formula is C22H21N7O. The lowest BCUT2D eigenvalue weighted by Gasteiger charge is -2.27. The Labute approximate surface area is 173 Å². The molecule has 0 aliphatic carbocycles. The number of rotatable bonds is 4. The normalized spacial score (nSPS) is 16.3. The quantitative estimate of drug-likeness (QED) is 0.521. The maximum atomic E-state index is 12.5. The van der Waals surface area contributed by atoms with E-state index in [1.54, 1.807) is 41.6 Å². The van der Waals surface area contributed by atoms with Crippen LogP contribution in [0.3, 0.4) is 0 Å². The third-order valence-electron chi connectivity index (χ3n) is 5.45. The molecule has 0 radical (unpaired) electrons. The fourth-order valence-electron chi connectivity index (χ4n) is 4.05. The summed E-state index contributed by atoms with van der Waals surface area (Å²) in [6.45, 7) is 3.28. The minimum absolute atomic E-state index is 0.109. The standard InChI is InChI=1S/C22H21N7O/c1-15-25-20-13-24-10-8-18(20)22(26-15)28-11-3-5-17(28)14-29-21(30)7-6-19(27-29)16-4-2-9-23-12-16/h2,4,6-10,12-13,17H,3,5,11,14H2,1H3. The van der Waals surface area contributed by atoms with Gasteiger partial charge in [-0.2, -0.15) is 5.10 Å². The highest BCUT2D eigenvalue weighted by atomic mass is 16.1. The van der Waals surface area contributed by atoms with Crippen molar-refractivity contribution in [3.05, 3.63) is 71.3 Å². The van der Waals surface area contributed by atoms with Gasteiger partial charge in [-0.25, -0.2) is 14.6 Å². The highest BCUT2D eigenvalue weighted by Crippen LogP contribution is 2.30. The first-order valence-corrected chi connectivity index (χ1v) is 10.0. The predicted octanol–water partition coefficient (Wildman–Crippen LogP) is 2.62. The number of nitrogens with zero attached hydrogens (tertiary/aromatic N) is 7. The van der Waals surface area contributed by atoms with Crippen molar-refractivity contribution in [3.63, 3.8) is 0 Å². The van der Waals surface area contributed by atoms with E-state index in [1.165, 1.54) is 0 Å². The van der Waals surface area contributed by atoms with Crippen molar-refractivity contribution in [2.75, 3.05) is 11.4 Å². The van der Waals surface area contributed by atoms with Crippen molar-refractivity contribution in [2.24, 2.45) is 0 Å². The monoisotopic (exact) mass is 399 g/mol. The van der Waals surface area contributed by atoms with E-state index in [2.05, 4.69) is 25.0 Å². The van der Waals surface area contributed by atoms with Gasteiger partial charge in [-0.15, -0.1) is 0 Å². The Morgan fingerprint density at radius 1 is 1.07 bits per heavy atom. The molecule has 1 saturated heterocycles. The molecule has 1 unspecified atom stereocenters. The van der Waals surface area contributed by atoms with Gasteiger partial charge in [0.2, 0.25) is 0 Å². The zero-order valence-corrected chi connectivity index (χ0v) is 16.6. The van der Waals surface area contributed by atoms with Crippen LogP contribution in [0.15, 0.2) is 59.9 Å². The van der Waals surface area contributed by atoms with Gasteiger partial charge in [-0.1, -0.05) is 0 Å². The molecule has 5 rings (SSSR count). The molecular weight excluding hydrogens is 378 g/mol. The van der Waals surface area contributed by atoms with Gasteiger partial charge in [0, 0.05) is 42.2 Å².